The van der Waals surface area contributed by atoms with Crippen LogP contribution < -0.4 is 5.32 Å². The minimum Gasteiger partial charge on any atom is -0.312 e. The van der Waals surface area contributed by atoms with Crippen molar-refractivity contribution >= 4 is 0 Å². The van der Waals surface area contributed by atoms with E-state index in [1.807, 2.05) is 0 Å². The third-order valence-corrected chi connectivity index (χ3v) is 4.11. The molecule has 1 aliphatic heterocycles. The molecule has 0 aromatic carbocycles. The summed E-state index contributed by atoms with van der Waals surface area (Å²) in [4.78, 5) is 2.74. The first-order chi connectivity index (χ1) is 7.35. The predicted octanol–water partition coefficient (Wildman–Crippen LogP) is 2.25. The van der Waals surface area contributed by atoms with Crippen LogP contribution in [0.5, 0.6) is 0 Å². The highest BCUT2D eigenvalue weighted by molar-refractivity contribution is 4.91. The second-order valence-corrected chi connectivity index (χ2v) is 5.22. The quantitative estimate of drug-likeness (QED) is 0.765. The Morgan fingerprint density at radius 3 is 2.60 bits per heavy atom. The van der Waals surface area contributed by atoms with Crippen molar-refractivity contribution in [3.05, 3.63) is 0 Å². The normalized spacial score (nSPS) is 29.4. The number of hydrogen-bond donors (Lipinski definition) is 1. The summed E-state index contributed by atoms with van der Waals surface area (Å²) in [6, 6.07) is 1.62. The van der Waals surface area contributed by atoms with Gasteiger partial charge in [0.25, 0.3) is 0 Å². The van der Waals surface area contributed by atoms with Gasteiger partial charge in [0.1, 0.15) is 0 Å². The van der Waals surface area contributed by atoms with Gasteiger partial charge >= 0.3 is 0 Å². The molecule has 2 heteroatoms. The summed E-state index contributed by atoms with van der Waals surface area (Å²) in [6.45, 7) is 8.51. The van der Waals surface area contributed by atoms with Crippen LogP contribution in [0.1, 0.15) is 46.0 Å². The van der Waals surface area contributed by atoms with Gasteiger partial charge in [0.05, 0.1) is 0 Å². The lowest BCUT2D eigenvalue weighted by molar-refractivity contribution is 0.178. The van der Waals surface area contributed by atoms with Crippen molar-refractivity contribution in [3.63, 3.8) is 0 Å². The van der Waals surface area contributed by atoms with Crippen LogP contribution >= 0.6 is 0 Å². The Hall–Kier alpha value is -0.0800. The molecule has 0 amide bonds. The van der Waals surface area contributed by atoms with Crippen LogP contribution in [0.4, 0.5) is 0 Å². The van der Waals surface area contributed by atoms with E-state index < -0.39 is 0 Å². The van der Waals surface area contributed by atoms with Crippen molar-refractivity contribution in [3.8, 4) is 0 Å². The highest BCUT2D eigenvalue weighted by Crippen LogP contribution is 2.34. The summed E-state index contributed by atoms with van der Waals surface area (Å²) in [5, 5.41) is 3.73. The van der Waals surface area contributed by atoms with Gasteiger partial charge in [-0.3, -0.25) is 4.90 Å². The summed E-state index contributed by atoms with van der Waals surface area (Å²) in [6.07, 6.45) is 6.89. The third kappa shape index (κ3) is 2.94. The van der Waals surface area contributed by atoms with Crippen LogP contribution in [0.2, 0.25) is 0 Å². The zero-order valence-corrected chi connectivity index (χ0v) is 10.3. The summed E-state index contributed by atoms with van der Waals surface area (Å²) in [7, 11) is 0. The molecule has 15 heavy (non-hydrogen) atoms. The van der Waals surface area contributed by atoms with E-state index in [2.05, 4.69) is 24.1 Å². The van der Waals surface area contributed by atoms with E-state index in [1.54, 1.807) is 0 Å². The highest BCUT2D eigenvalue weighted by Gasteiger charge is 2.34. The molecular formula is C13H26N2. The molecular weight excluding hydrogens is 184 g/mol. The summed E-state index contributed by atoms with van der Waals surface area (Å²) >= 11 is 0. The van der Waals surface area contributed by atoms with Crippen molar-refractivity contribution in [1.82, 2.24) is 10.2 Å². The van der Waals surface area contributed by atoms with E-state index >= 15 is 0 Å². The molecule has 88 valence electrons. The average Bonchev–Trinajstić information content (AvgIpc) is 3.06. The lowest BCUT2D eigenvalue weighted by Gasteiger charge is -2.31. The molecule has 0 aromatic rings. The Morgan fingerprint density at radius 1 is 1.27 bits per heavy atom. The van der Waals surface area contributed by atoms with Crippen LogP contribution in [-0.4, -0.2) is 36.6 Å². The zero-order valence-electron chi connectivity index (χ0n) is 10.3. The van der Waals surface area contributed by atoms with Crippen molar-refractivity contribution in [2.75, 3.05) is 19.6 Å². The summed E-state index contributed by atoms with van der Waals surface area (Å²) < 4.78 is 0. The molecule has 1 unspecified atom stereocenters. The first-order valence-electron chi connectivity index (χ1n) is 6.82. The van der Waals surface area contributed by atoms with Gasteiger partial charge in [0, 0.05) is 18.6 Å². The molecule has 1 saturated heterocycles. The fourth-order valence-electron chi connectivity index (χ4n) is 2.93. The number of nitrogens with one attached hydrogen (secondary N) is 1. The van der Waals surface area contributed by atoms with Gasteiger partial charge in [-0.15, -0.1) is 0 Å². The van der Waals surface area contributed by atoms with Gasteiger partial charge < -0.3 is 5.32 Å². The van der Waals surface area contributed by atoms with Crippen molar-refractivity contribution in [1.29, 1.82) is 0 Å². The molecule has 0 radical (unpaired) electrons. The van der Waals surface area contributed by atoms with E-state index in [4.69, 9.17) is 0 Å². The monoisotopic (exact) mass is 210 g/mol. The van der Waals surface area contributed by atoms with E-state index in [1.165, 1.54) is 51.7 Å². The van der Waals surface area contributed by atoms with Gasteiger partial charge in [-0.2, -0.15) is 0 Å². The second-order valence-electron chi connectivity index (χ2n) is 5.22. The third-order valence-electron chi connectivity index (χ3n) is 4.11. The minimum atomic E-state index is 0.799. The average molecular weight is 210 g/mol. The first kappa shape index (κ1) is 11.4. The predicted molar refractivity (Wildman–Crippen MR) is 65.1 cm³/mol. The molecule has 1 N–H and O–H groups in total. The molecule has 2 aliphatic rings. The SMILES string of the molecule is CCC(CC)N1CCCNC(C2CC2)C1. The lowest BCUT2D eigenvalue weighted by atomic mass is 10.1. The van der Waals surface area contributed by atoms with Gasteiger partial charge in [0.2, 0.25) is 0 Å². The Morgan fingerprint density at radius 2 is 2.00 bits per heavy atom. The molecule has 0 spiro atoms. The maximum atomic E-state index is 3.73. The molecule has 2 nitrogen and oxygen atoms in total. The van der Waals surface area contributed by atoms with Crippen LogP contribution in [-0.2, 0) is 0 Å². The topological polar surface area (TPSA) is 15.3 Å². The van der Waals surface area contributed by atoms with E-state index in [0.717, 1.165) is 18.0 Å². The Kier molecular flexibility index (Phi) is 4.04. The number of nitrogens with zero attached hydrogens (tertiary/aromatic N) is 1. The molecule has 2 fully saturated rings. The number of hydrogen-bond acceptors (Lipinski definition) is 2. The Bertz CT molecular complexity index is 185. The summed E-state index contributed by atoms with van der Waals surface area (Å²) in [5.74, 6) is 1.000. The fourth-order valence-corrected chi connectivity index (χ4v) is 2.93. The summed E-state index contributed by atoms with van der Waals surface area (Å²) in [5.41, 5.74) is 0. The van der Waals surface area contributed by atoms with Crippen molar-refractivity contribution in [2.45, 2.75) is 58.0 Å². The van der Waals surface area contributed by atoms with Crippen molar-refractivity contribution < 1.29 is 0 Å². The molecule has 1 saturated carbocycles. The highest BCUT2D eigenvalue weighted by atomic mass is 15.2. The second kappa shape index (κ2) is 5.31. The van der Waals surface area contributed by atoms with E-state index in [9.17, 15) is 0 Å². The van der Waals surface area contributed by atoms with Gasteiger partial charge in [-0.05, 0) is 51.1 Å². The van der Waals surface area contributed by atoms with Crippen LogP contribution in [0, 0.1) is 5.92 Å². The van der Waals surface area contributed by atoms with Gasteiger partial charge in [-0.1, -0.05) is 13.8 Å². The molecule has 1 heterocycles. The molecule has 1 atom stereocenters. The molecule has 0 aromatic heterocycles. The van der Waals surface area contributed by atoms with Crippen LogP contribution in [0.3, 0.4) is 0 Å². The molecule has 2 rings (SSSR count). The Balaban J connectivity index is 1.91. The lowest BCUT2D eigenvalue weighted by Crippen LogP contribution is -2.43. The minimum absolute atomic E-state index is 0.799. The zero-order chi connectivity index (χ0) is 10.7. The van der Waals surface area contributed by atoms with Crippen LogP contribution in [0.15, 0.2) is 0 Å². The van der Waals surface area contributed by atoms with Gasteiger partial charge in [0.15, 0.2) is 0 Å². The molecule has 1 aliphatic carbocycles. The maximum Gasteiger partial charge on any atom is 0.0223 e. The standard InChI is InChI=1S/C13H26N2/c1-3-12(4-2)15-9-5-8-14-13(10-15)11-6-7-11/h11-14H,3-10H2,1-2H3. The van der Waals surface area contributed by atoms with Crippen molar-refractivity contribution in [2.24, 2.45) is 5.92 Å². The van der Waals surface area contributed by atoms with E-state index in [0.29, 0.717) is 0 Å². The largest absolute Gasteiger partial charge is 0.312 e. The fraction of sp³-hybridized carbons (Fsp3) is 1.00. The van der Waals surface area contributed by atoms with E-state index in [-0.39, 0.29) is 0 Å². The smallest absolute Gasteiger partial charge is 0.0223 e. The first-order valence-corrected chi connectivity index (χ1v) is 6.82. The number of rotatable bonds is 4. The maximum absolute atomic E-state index is 3.73. The van der Waals surface area contributed by atoms with Crippen LogP contribution in [0.25, 0.3) is 0 Å². The Labute approximate surface area is 94.4 Å². The molecule has 0 bridgehead atoms. The van der Waals surface area contributed by atoms with Gasteiger partial charge in [-0.25, -0.2) is 0 Å².